The smallest absolute Gasteiger partial charge is 0.303 e. The van der Waals surface area contributed by atoms with Crippen molar-refractivity contribution in [2.24, 2.45) is 5.92 Å². The molecular weight excluding hydrogens is 337 g/mol. The summed E-state index contributed by atoms with van der Waals surface area (Å²) >= 11 is 11.8. The van der Waals surface area contributed by atoms with Crippen LogP contribution in [0.3, 0.4) is 0 Å². The van der Waals surface area contributed by atoms with E-state index in [1.54, 1.807) is 6.07 Å². The molecule has 116 valence electrons. The van der Waals surface area contributed by atoms with Gasteiger partial charge in [0.2, 0.25) is 10.0 Å². The first kappa shape index (κ1) is 16.5. The number of halogens is 2. The largest absolute Gasteiger partial charge is 0.481 e. The summed E-state index contributed by atoms with van der Waals surface area (Å²) in [6.07, 6.45) is 1.19. The lowest BCUT2D eigenvalue weighted by Gasteiger charge is -2.17. The molecule has 0 aromatic heterocycles. The molecule has 1 unspecified atom stereocenters. The highest BCUT2D eigenvalue weighted by Gasteiger charge is 2.34. The quantitative estimate of drug-likeness (QED) is 0.884. The average molecular weight is 352 g/mol. The SMILES string of the molecule is O=C(O)CCC1CCN(S(=O)(=O)c2cccc(Cl)c2Cl)C1. The van der Waals surface area contributed by atoms with Gasteiger partial charge in [0.1, 0.15) is 4.90 Å². The number of carboxylic acid groups (broad SMARTS) is 1. The van der Waals surface area contributed by atoms with Gasteiger partial charge in [-0.25, -0.2) is 8.42 Å². The van der Waals surface area contributed by atoms with Crippen LogP contribution in [0, 0.1) is 5.92 Å². The molecule has 1 N–H and O–H groups in total. The highest BCUT2D eigenvalue weighted by Crippen LogP contribution is 2.33. The maximum atomic E-state index is 12.6. The normalized spacial score (nSPS) is 19.8. The third-order valence-electron chi connectivity index (χ3n) is 3.55. The molecule has 1 aromatic rings. The van der Waals surface area contributed by atoms with Crippen molar-refractivity contribution in [2.75, 3.05) is 13.1 Å². The minimum atomic E-state index is -3.69. The monoisotopic (exact) mass is 351 g/mol. The Morgan fingerprint density at radius 2 is 2.10 bits per heavy atom. The van der Waals surface area contributed by atoms with E-state index in [1.165, 1.54) is 16.4 Å². The van der Waals surface area contributed by atoms with Gasteiger partial charge in [0.25, 0.3) is 0 Å². The van der Waals surface area contributed by atoms with Crippen LogP contribution in [0.4, 0.5) is 0 Å². The number of sulfonamides is 1. The van der Waals surface area contributed by atoms with E-state index < -0.39 is 16.0 Å². The summed E-state index contributed by atoms with van der Waals surface area (Å²) < 4.78 is 26.5. The molecule has 0 radical (unpaired) electrons. The first-order valence-electron chi connectivity index (χ1n) is 6.48. The standard InChI is InChI=1S/C13H15Cl2NO4S/c14-10-2-1-3-11(13(10)15)21(19,20)16-7-6-9(8-16)4-5-12(17)18/h1-3,9H,4-8H2,(H,17,18). The molecule has 21 heavy (non-hydrogen) atoms. The van der Waals surface area contributed by atoms with Crippen LogP contribution in [-0.4, -0.2) is 36.9 Å². The average Bonchev–Trinajstić information content (AvgIpc) is 2.89. The second-order valence-electron chi connectivity index (χ2n) is 5.00. The molecule has 5 nitrogen and oxygen atoms in total. The van der Waals surface area contributed by atoms with Crippen molar-refractivity contribution in [3.05, 3.63) is 28.2 Å². The summed E-state index contributed by atoms with van der Waals surface area (Å²) in [6, 6.07) is 4.50. The minimum Gasteiger partial charge on any atom is -0.481 e. The Hall–Kier alpha value is -0.820. The Balaban J connectivity index is 2.14. The molecular formula is C13H15Cl2NO4S. The number of carbonyl (C=O) groups is 1. The van der Waals surface area contributed by atoms with Gasteiger partial charge in [0, 0.05) is 19.5 Å². The molecule has 0 saturated carbocycles. The van der Waals surface area contributed by atoms with Crippen molar-refractivity contribution in [3.63, 3.8) is 0 Å². The van der Waals surface area contributed by atoms with E-state index >= 15 is 0 Å². The Labute approximate surface area is 133 Å². The number of hydrogen-bond acceptors (Lipinski definition) is 3. The topological polar surface area (TPSA) is 74.7 Å². The fourth-order valence-electron chi connectivity index (χ4n) is 2.40. The molecule has 1 aliphatic rings. The van der Waals surface area contributed by atoms with Gasteiger partial charge < -0.3 is 5.11 Å². The summed E-state index contributed by atoms with van der Waals surface area (Å²) in [5.74, 6) is -0.803. The lowest BCUT2D eigenvalue weighted by Crippen LogP contribution is -2.29. The molecule has 1 atom stereocenters. The molecule has 1 fully saturated rings. The molecule has 0 bridgehead atoms. The number of nitrogens with zero attached hydrogens (tertiary/aromatic N) is 1. The Bertz CT molecular complexity index is 648. The molecule has 1 heterocycles. The third-order valence-corrected chi connectivity index (χ3v) is 6.39. The van der Waals surface area contributed by atoms with Gasteiger partial charge >= 0.3 is 5.97 Å². The van der Waals surface area contributed by atoms with E-state index in [-0.39, 0.29) is 27.3 Å². The molecule has 1 aromatic carbocycles. The first-order chi connectivity index (χ1) is 9.82. The van der Waals surface area contributed by atoms with E-state index in [0.29, 0.717) is 25.9 Å². The number of hydrogen-bond donors (Lipinski definition) is 1. The maximum Gasteiger partial charge on any atom is 0.303 e. The van der Waals surface area contributed by atoms with Gasteiger partial charge in [0.05, 0.1) is 10.0 Å². The van der Waals surface area contributed by atoms with Gasteiger partial charge in [-0.15, -0.1) is 0 Å². The van der Waals surface area contributed by atoms with E-state index in [1.807, 2.05) is 0 Å². The van der Waals surface area contributed by atoms with E-state index in [4.69, 9.17) is 28.3 Å². The minimum absolute atomic E-state index is 0.00412. The van der Waals surface area contributed by atoms with Crippen molar-refractivity contribution < 1.29 is 18.3 Å². The third kappa shape index (κ3) is 3.69. The molecule has 0 amide bonds. The number of aliphatic carboxylic acids is 1. The zero-order chi connectivity index (χ0) is 15.6. The predicted molar refractivity (Wildman–Crippen MR) is 80.2 cm³/mol. The van der Waals surface area contributed by atoms with Crippen LogP contribution in [0.25, 0.3) is 0 Å². The lowest BCUT2D eigenvalue weighted by molar-refractivity contribution is -0.137. The number of rotatable bonds is 5. The second kappa shape index (κ2) is 6.52. The van der Waals surface area contributed by atoms with Crippen LogP contribution in [0.15, 0.2) is 23.1 Å². The molecule has 0 spiro atoms. The zero-order valence-electron chi connectivity index (χ0n) is 11.1. The van der Waals surface area contributed by atoms with Gasteiger partial charge in [-0.05, 0) is 30.9 Å². The Morgan fingerprint density at radius 3 is 2.76 bits per heavy atom. The predicted octanol–water partition coefficient (Wildman–Crippen LogP) is 2.87. The van der Waals surface area contributed by atoms with Gasteiger partial charge in [-0.1, -0.05) is 29.3 Å². The molecule has 1 saturated heterocycles. The molecule has 2 rings (SSSR count). The van der Waals surface area contributed by atoms with Crippen LogP contribution in [0.1, 0.15) is 19.3 Å². The van der Waals surface area contributed by atoms with Crippen molar-refractivity contribution >= 4 is 39.2 Å². The Morgan fingerprint density at radius 1 is 1.38 bits per heavy atom. The summed E-state index contributed by atoms with van der Waals surface area (Å²) in [7, 11) is -3.69. The summed E-state index contributed by atoms with van der Waals surface area (Å²) in [5.41, 5.74) is 0. The molecule has 1 aliphatic heterocycles. The summed E-state index contributed by atoms with van der Waals surface area (Å²) in [5, 5.41) is 8.90. The van der Waals surface area contributed by atoms with Crippen molar-refractivity contribution in [1.29, 1.82) is 0 Å². The maximum absolute atomic E-state index is 12.6. The molecule has 8 heteroatoms. The highest BCUT2D eigenvalue weighted by atomic mass is 35.5. The lowest BCUT2D eigenvalue weighted by atomic mass is 10.0. The number of benzene rings is 1. The molecule has 0 aliphatic carbocycles. The fraction of sp³-hybridized carbons (Fsp3) is 0.462. The van der Waals surface area contributed by atoms with Crippen LogP contribution >= 0.6 is 23.2 Å². The van der Waals surface area contributed by atoms with E-state index in [9.17, 15) is 13.2 Å². The van der Waals surface area contributed by atoms with Crippen LogP contribution in [0.2, 0.25) is 10.0 Å². The van der Waals surface area contributed by atoms with E-state index in [2.05, 4.69) is 0 Å². The van der Waals surface area contributed by atoms with Crippen LogP contribution in [-0.2, 0) is 14.8 Å². The first-order valence-corrected chi connectivity index (χ1v) is 8.68. The van der Waals surface area contributed by atoms with Gasteiger partial charge in [0.15, 0.2) is 0 Å². The summed E-state index contributed by atoms with van der Waals surface area (Å²) in [4.78, 5) is 10.6. The van der Waals surface area contributed by atoms with E-state index in [0.717, 1.165) is 0 Å². The highest BCUT2D eigenvalue weighted by molar-refractivity contribution is 7.89. The zero-order valence-corrected chi connectivity index (χ0v) is 13.5. The van der Waals surface area contributed by atoms with Gasteiger partial charge in [-0.2, -0.15) is 4.31 Å². The van der Waals surface area contributed by atoms with Gasteiger partial charge in [-0.3, -0.25) is 4.79 Å². The van der Waals surface area contributed by atoms with Crippen LogP contribution in [0.5, 0.6) is 0 Å². The number of carboxylic acids is 1. The van der Waals surface area contributed by atoms with Crippen molar-refractivity contribution in [2.45, 2.75) is 24.2 Å². The fourth-order valence-corrected chi connectivity index (χ4v) is 4.67. The Kier molecular flexibility index (Phi) is 5.14. The summed E-state index contributed by atoms with van der Waals surface area (Å²) in [6.45, 7) is 0.688. The van der Waals surface area contributed by atoms with Crippen molar-refractivity contribution in [1.82, 2.24) is 4.31 Å². The van der Waals surface area contributed by atoms with Crippen molar-refractivity contribution in [3.8, 4) is 0 Å². The second-order valence-corrected chi connectivity index (χ2v) is 7.69. The van der Waals surface area contributed by atoms with Crippen LogP contribution < -0.4 is 0 Å².